The third kappa shape index (κ3) is 4.69. The van der Waals surface area contributed by atoms with Crippen molar-refractivity contribution in [3.63, 3.8) is 0 Å². The minimum Gasteiger partial charge on any atom is -0.356 e. The van der Waals surface area contributed by atoms with E-state index in [0.717, 1.165) is 35.2 Å². The quantitative estimate of drug-likeness (QED) is 0.643. The summed E-state index contributed by atoms with van der Waals surface area (Å²) in [4.78, 5) is 27.4. The Morgan fingerprint density at radius 2 is 1.85 bits per heavy atom. The van der Waals surface area contributed by atoms with Gasteiger partial charge in [0.05, 0.1) is 23.8 Å². The Morgan fingerprint density at radius 1 is 1.08 bits per heavy atom. The lowest BCUT2D eigenvalue weighted by Gasteiger charge is -2.08. The SMILES string of the molecule is CC(=O)Nc1ccc(CC(=O)NCCCn2cnc3ccccc32)cc1. The fourth-order valence-corrected chi connectivity index (χ4v) is 2.82. The van der Waals surface area contributed by atoms with Crippen LogP contribution in [0.2, 0.25) is 0 Å². The smallest absolute Gasteiger partial charge is 0.224 e. The zero-order chi connectivity index (χ0) is 18.4. The van der Waals surface area contributed by atoms with Gasteiger partial charge in [-0.05, 0) is 36.2 Å². The fraction of sp³-hybridized carbons (Fsp3) is 0.250. The molecule has 0 bridgehead atoms. The van der Waals surface area contributed by atoms with Gasteiger partial charge in [-0.25, -0.2) is 4.98 Å². The number of anilines is 1. The molecule has 3 aromatic rings. The second-order valence-electron chi connectivity index (χ2n) is 6.19. The molecular weight excluding hydrogens is 328 g/mol. The number of amides is 2. The van der Waals surface area contributed by atoms with Crippen LogP contribution >= 0.6 is 0 Å². The normalized spacial score (nSPS) is 10.7. The summed E-state index contributed by atoms with van der Waals surface area (Å²) in [7, 11) is 0. The Labute approximate surface area is 152 Å². The summed E-state index contributed by atoms with van der Waals surface area (Å²) in [6, 6.07) is 15.3. The van der Waals surface area contributed by atoms with Crippen molar-refractivity contribution < 1.29 is 9.59 Å². The first-order valence-corrected chi connectivity index (χ1v) is 8.65. The number of nitrogens with one attached hydrogen (secondary N) is 2. The van der Waals surface area contributed by atoms with Gasteiger partial charge in [0.25, 0.3) is 0 Å². The van der Waals surface area contributed by atoms with E-state index in [1.807, 2.05) is 42.7 Å². The van der Waals surface area contributed by atoms with Crippen molar-refractivity contribution in [2.45, 2.75) is 26.3 Å². The molecule has 2 N–H and O–H groups in total. The van der Waals surface area contributed by atoms with Gasteiger partial charge >= 0.3 is 0 Å². The van der Waals surface area contributed by atoms with Gasteiger partial charge in [0.2, 0.25) is 11.8 Å². The summed E-state index contributed by atoms with van der Waals surface area (Å²) in [6.45, 7) is 2.90. The first-order valence-electron chi connectivity index (χ1n) is 8.65. The maximum absolute atomic E-state index is 12.0. The lowest BCUT2D eigenvalue weighted by Crippen LogP contribution is -2.26. The number of hydrogen-bond donors (Lipinski definition) is 2. The zero-order valence-electron chi connectivity index (χ0n) is 14.7. The van der Waals surface area contributed by atoms with Crippen LogP contribution < -0.4 is 10.6 Å². The van der Waals surface area contributed by atoms with Crippen LogP contribution in [0, 0.1) is 0 Å². The van der Waals surface area contributed by atoms with Gasteiger partial charge in [-0.2, -0.15) is 0 Å². The van der Waals surface area contributed by atoms with E-state index in [1.54, 1.807) is 12.1 Å². The number of carbonyl (C=O) groups is 2. The number of aromatic nitrogens is 2. The summed E-state index contributed by atoms with van der Waals surface area (Å²) < 4.78 is 2.10. The minimum atomic E-state index is -0.110. The molecule has 134 valence electrons. The molecular formula is C20H22N4O2. The molecule has 1 aromatic heterocycles. The van der Waals surface area contributed by atoms with Crippen molar-refractivity contribution >= 4 is 28.5 Å². The summed E-state index contributed by atoms with van der Waals surface area (Å²) >= 11 is 0. The van der Waals surface area contributed by atoms with Crippen molar-refractivity contribution in [2.75, 3.05) is 11.9 Å². The molecule has 1 heterocycles. The molecule has 0 saturated carbocycles. The van der Waals surface area contributed by atoms with Crippen molar-refractivity contribution in [1.82, 2.24) is 14.9 Å². The molecule has 0 aliphatic carbocycles. The van der Waals surface area contributed by atoms with Gasteiger partial charge < -0.3 is 15.2 Å². The molecule has 0 radical (unpaired) electrons. The first-order chi connectivity index (χ1) is 12.6. The van der Waals surface area contributed by atoms with Crippen LogP contribution in [0.25, 0.3) is 11.0 Å². The fourth-order valence-electron chi connectivity index (χ4n) is 2.82. The van der Waals surface area contributed by atoms with Crippen LogP contribution in [0.1, 0.15) is 18.9 Å². The molecule has 0 aliphatic rings. The minimum absolute atomic E-state index is 0.00670. The first kappa shape index (κ1) is 17.7. The van der Waals surface area contributed by atoms with Crippen LogP contribution in [-0.4, -0.2) is 27.9 Å². The predicted octanol–water partition coefficient (Wildman–Crippen LogP) is 2.74. The van der Waals surface area contributed by atoms with Crippen LogP contribution in [0.5, 0.6) is 0 Å². The van der Waals surface area contributed by atoms with Crippen LogP contribution in [-0.2, 0) is 22.6 Å². The van der Waals surface area contributed by atoms with Crippen LogP contribution in [0.4, 0.5) is 5.69 Å². The van der Waals surface area contributed by atoms with E-state index in [2.05, 4.69) is 20.2 Å². The highest BCUT2D eigenvalue weighted by Gasteiger charge is 2.05. The molecule has 0 atom stereocenters. The Hall–Kier alpha value is -3.15. The molecule has 2 amide bonds. The standard InChI is InChI=1S/C20H22N4O2/c1-15(25)23-17-9-7-16(8-10-17)13-20(26)21-11-4-12-24-14-22-18-5-2-3-6-19(18)24/h2-3,5-10,14H,4,11-13H2,1H3,(H,21,26)(H,23,25). The highest BCUT2D eigenvalue weighted by molar-refractivity contribution is 5.88. The number of carbonyl (C=O) groups excluding carboxylic acids is 2. The monoisotopic (exact) mass is 350 g/mol. The second kappa shape index (κ2) is 8.29. The van der Waals surface area contributed by atoms with Gasteiger partial charge in [0.1, 0.15) is 0 Å². The van der Waals surface area contributed by atoms with Crippen molar-refractivity contribution in [1.29, 1.82) is 0 Å². The number of fused-ring (bicyclic) bond motifs is 1. The third-order valence-electron chi connectivity index (χ3n) is 4.06. The van der Waals surface area contributed by atoms with Gasteiger partial charge in [-0.3, -0.25) is 9.59 Å². The number of rotatable bonds is 7. The molecule has 6 heteroatoms. The van der Waals surface area contributed by atoms with E-state index in [0.29, 0.717) is 13.0 Å². The Balaban J connectivity index is 1.42. The second-order valence-corrected chi connectivity index (χ2v) is 6.19. The highest BCUT2D eigenvalue weighted by Crippen LogP contribution is 2.12. The molecule has 3 rings (SSSR count). The highest BCUT2D eigenvalue weighted by atomic mass is 16.2. The molecule has 6 nitrogen and oxygen atoms in total. The molecule has 0 saturated heterocycles. The molecule has 0 unspecified atom stereocenters. The van der Waals surface area contributed by atoms with Gasteiger partial charge in [-0.15, -0.1) is 0 Å². The molecule has 26 heavy (non-hydrogen) atoms. The number of para-hydroxylation sites is 2. The van der Waals surface area contributed by atoms with E-state index in [4.69, 9.17) is 0 Å². The topological polar surface area (TPSA) is 76.0 Å². The Morgan fingerprint density at radius 3 is 2.62 bits per heavy atom. The van der Waals surface area contributed by atoms with Gasteiger partial charge in [0, 0.05) is 25.7 Å². The maximum atomic E-state index is 12.0. The largest absolute Gasteiger partial charge is 0.356 e. The zero-order valence-corrected chi connectivity index (χ0v) is 14.7. The third-order valence-corrected chi connectivity index (χ3v) is 4.06. The van der Waals surface area contributed by atoms with Gasteiger partial charge in [0.15, 0.2) is 0 Å². The predicted molar refractivity (Wildman–Crippen MR) is 102 cm³/mol. The number of aryl methyl sites for hydroxylation is 1. The summed E-state index contributed by atoms with van der Waals surface area (Å²) in [5.74, 6) is -0.117. The number of hydrogen-bond acceptors (Lipinski definition) is 3. The number of nitrogens with zero attached hydrogens (tertiary/aromatic N) is 2. The lowest BCUT2D eigenvalue weighted by molar-refractivity contribution is -0.120. The molecule has 0 spiro atoms. The Kier molecular flexibility index (Phi) is 5.63. The summed E-state index contributed by atoms with van der Waals surface area (Å²) in [5, 5.41) is 5.65. The summed E-state index contributed by atoms with van der Waals surface area (Å²) in [5.41, 5.74) is 3.74. The van der Waals surface area contributed by atoms with Crippen LogP contribution in [0.15, 0.2) is 54.9 Å². The average molecular weight is 350 g/mol. The lowest BCUT2D eigenvalue weighted by atomic mass is 10.1. The van der Waals surface area contributed by atoms with Crippen LogP contribution in [0.3, 0.4) is 0 Å². The van der Waals surface area contributed by atoms with Crippen molar-refractivity contribution in [2.24, 2.45) is 0 Å². The van der Waals surface area contributed by atoms with E-state index in [-0.39, 0.29) is 11.8 Å². The molecule has 0 fully saturated rings. The maximum Gasteiger partial charge on any atom is 0.224 e. The van der Waals surface area contributed by atoms with Crippen molar-refractivity contribution in [3.05, 3.63) is 60.4 Å². The number of benzene rings is 2. The van der Waals surface area contributed by atoms with E-state index < -0.39 is 0 Å². The summed E-state index contributed by atoms with van der Waals surface area (Å²) in [6.07, 6.45) is 3.01. The van der Waals surface area contributed by atoms with E-state index in [9.17, 15) is 9.59 Å². The molecule has 0 aliphatic heterocycles. The Bertz CT molecular complexity index is 900. The van der Waals surface area contributed by atoms with Crippen molar-refractivity contribution in [3.8, 4) is 0 Å². The molecule has 2 aromatic carbocycles. The van der Waals surface area contributed by atoms with E-state index >= 15 is 0 Å². The average Bonchev–Trinajstić information content (AvgIpc) is 3.03. The number of imidazole rings is 1. The van der Waals surface area contributed by atoms with Gasteiger partial charge in [-0.1, -0.05) is 24.3 Å². The van der Waals surface area contributed by atoms with E-state index in [1.165, 1.54) is 6.92 Å².